The standard InChI is InChI=1S/2C5H5.2CH3.CH2.Zr/c2*1-2-4-5-3-1;;;;/h2*1-5H;2*1H3;1H2;/q4*-1;;. The van der Waals surface area contributed by atoms with Crippen molar-refractivity contribution in [2.24, 2.45) is 0 Å². The summed E-state index contributed by atoms with van der Waals surface area (Å²) < 4.78 is 3.34. The largest absolute Gasteiger partial charge is 0.358 e. The molecule has 1 heteroatoms. The van der Waals surface area contributed by atoms with E-state index >= 15 is 0 Å². The van der Waals surface area contributed by atoms with E-state index in [4.69, 9.17) is 0 Å². The van der Waals surface area contributed by atoms with Crippen molar-refractivity contribution in [1.82, 2.24) is 0 Å². The van der Waals surface area contributed by atoms with Gasteiger partial charge in [-0.1, -0.05) is 0 Å². The Hall–Kier alpha value is -0.547. The number of hydrogen-bond acceptors (Lipinski definition) is 0. The van der Waals surface area contributed by atoms with Gasteiger partial charge in [0.2, 0.25) is 0 Å². The van der Waals surface area contributed by atoms with Gasteiger partial charge in [-0.2, -0.15) is 36.4 Å². The summed E-state index contributed by atoms with van der Waals surface area (Å²) in [6.45, 7) is 0. The molecule has 0 bridgehead atoms. The summed E-state index contributed by atoms with van der Waals surface area (Å²) in [6, 6.07) is 20.0. The van der Waals surface area contributed by atoms with E-state index in [2.05, 4.69) is 4.21 Å². The van der Waals surface area contributed by atoms with Crippen LogP contribution in [0.1, 0.15) is 0 Å². The van der Waals surface area contributed by atoms with E-state index in [1.807, 2.05) is 60.7 Å². The van der Waals surface area contributed by atoms with Crippen molar-refractivity contribution in [3.63, 3.8) is 0 Å². The number of hydrogen-bond donors (Lipinski definition) is 0. The SMILES string of the molecule is [CH2]=[Zr].[CH3-].[CH3-].c1cc[cH-]c1.c1cc[cH-]c1. The molecule has 2 rings (SSSR count). The van der Waals surface area contributed by atoms with Crippen molar-refractivity contribution >= 4 is 4.21 Å². The van der Waals surface area contributed by atoms with Crippen LogP contribution in [0.2, 0.25) is 0 Å². The van der Waals surface area contributed by atoms with Gasteiger partial charge in [0.15, 0.2) is 0 Å². The van der Waals surface area contributed by atoms with Crippen LogP contribution in [-0.2, 0) is 24.2 Å². The maximum absolute atomic E-state index is 3.34. The van der Waals surface area contributed by atoms with Crippen molar-refractivity contribution in [3.05, 3.63) is 75.5 Å². The summed E-state index contributed by atoms with van der Waals surface area (Å²) in [5.41, 5.74) is 0. The summed E-state index contributed by atoms with van der Waals surface area (Å²) in [7, 11) is 0. The zero-order chi connectivity index (χ0) is 9.07. The van der Waals surface area contributed by atoms with E-state index in [9.17, 15) is 0 Å². The van der Waals surface area contributed by atoms with Crippen molar-refractivity contribution in [1.29, 1.82) is 0 Å². The molecule has 78 valence electrons. The first-order valence-corrected chi connectivity index (χ1v) is 5.42. The molecule has 2 aromatic carbocycles. The first kappa shape index (κ1) is 19.1. The summed E-state index contributed by atoms with van der Waals surface area (Å²) in [5, 5.41) is 0. The Balaban J connectivity index is -0.000000131. The Bertz CT molecular complexity index is 157. The summed E-state index contributed by atoms with van der Waals surface area (Å²) in [4.78, 5) is 0. The summed E-state index contributed by atoms with van der Waals surface area (Å²) in [5.74, 6) is 0. The molecule has 14 heavy (non-hydrogen) atoms. The Labute approximate surface area is 104 Å². The van der Waals surface area contributed by atoms with Gasteiger partial charge in [0.1, 0.15) is 0 Å². The molecule has 0 N–H and O–H groups in total. The van der Waals surface area contributed by atoms with Gasteiger partial charge in [-0.15, -0.1) is 0 Å². The molecule has 0 heterocycles. The smallest absolute Gasteiger partial charge is 0.172 e. The topological polar surface area (TPSA) is 0 Å². The van der Waals surface area contributed by atoms with Gasteiger partial charge in [-0.25, -0.2) is 24.3 Å². The van der Waals surface area contributed by atoms with E-state index in [1.54, 1.807) is 0 Å². The fourth-order valence-corrected chi connectivity index (χ4v) is 0.642. The van der Waals surface area contributed by atoms with Crippen molar-refractivity contribution in [3.8, 4) is 0 Å². The number of rotatable bonds is 0. The van der Waals surface area contributed by atoms with E-state index in [-0.39, 0.29) is 14.9 Å². The maximum atomic E-state index is 3.34. The molecule has 0 amide bonds. The average Bonchev–Trinajstić information content (AvgIpc) is 2.87. The second-order valence-electron chi connectivity index (χ2n) is 1.92. The van der Waals surface area contributed by atoms with E-state index in [0.717, 1.165) is 0 Å². The molecular formula is C13H18Zr-4. The summed E-state index contributed by atoms with van der Waals surface area (Å²) >= 11 is 1.30. The van der Waals surface area contributed by atoms with Crippen molar-refractivity contribution in [2.75, 3.05) is 0 Å². The van der Waals surface area contributed by atoms with Crippen LogP contribution in [0.3, 0.4) is 0 Å². The molecule has 0 nitrogen and oxygen atoms in total. The molecule has 0 radical (unpaired) electrons. The van der Waals surface area contributed by atoms with Crippen LogP contribution in [0.25, 0.3) is 0 Å². The quantitative estimate of drug-likeness (QED) is 0.638. The van der Waals surface area contributed by atoms with Gasteiger partial charge in [0, 0.05) is 0 Å². The monoisotopic (exact) mass is 264 g/mol. The molecule has 0 saturated carbocycles. The minimum Gasteiger partial charge on any atom is -0.358 e. The van der Waals surface area contributed by atoms with Crippen molar-refractivity contribution in [2.45, 2.75) is 0 Å². The molecule has 2 aromatic rings. The van der Waals surface area contributed by atoms with E-state index in [1.165, 1.54) is 24.2 Å². The average molecular weight is 266 g/mol. The van der Waals surface area contributed by atoms with E-state index in [0.29, 0.717) is 0 Å². The van der Waals surface area contributed by atoms with E-state index < -0.39 is 0 Å². The van der Waals surface area contributed by atoms with Gasteiger partial charge in [-0.05, 0) is 0 Å². The van der Waals surface area contributed by atoms with Crippen LogP contribution in [0.4, 0.5) is 0 Å². The minimum atomic E-state index is 0. The molecule has 0 aliphatic rings. The Kier molecular flexibility index (Phi) is 24.9. The van der Waals surface area contributed by atoms with Crippen LogP contribution in [-0.4, -0.2) is 4.21 Å². The molecule has 0 aliphatic heterocycles. The first-order chi connectivity index (χ1) is 6.00. The third kappa shape index (κ3) is 14.0. The van der Waals surface area contributed by atoms with Gasteiger partial charge in [0.05, 0.1) is 0 Å². The molecule has 0 unspecified atom stereocenters. The van der Waals surface area contributed by atoms with Gasteiger partial charge < -0.3 is 14.9 Å². The second-order valence-corrected chi connectivity index (χ2v) is 1.92. The molecule has 0 saturated heterocycles. The van der Waals surface area contributed by atoms with Crippen LogP contribution in [0, 0.1) is 14.9 Å². The molecular weight excluding hydrogens is 247 g/mol. The summed E-state index contributed by atoms with van der Waals surface area (Å²) in [6.07, 6.45) is 0. The Morgan fingerprint density at radius 3 is 0.929 bits per heavy atom. The zero-order valence-electron chi connectivity index (χ0n) is 8.98. The third-order valence-corrected chi connectivity index (χ3v) is 1.11. The fraction of sp³-hybridized carbons (Fsp3) is 0. The normalized spacial score (nSPS) is 5.93. The molecule has 0 aromatic heterocycles. The van der Waals surface area contributed by atoms with Gasteiger partial charge >= 0.3 is 28.4 Å². The fourth-order valence-electron chi connectivity index (χ4n) is 0.642. The molecule has 0 spiro atoms. The predicted octanol–water partition coefficient (Wildman–Crippen LogP) is 3.68. The predicted molar refractivity (Wildman–Crippen MR) is 64.0 cm³/mol. The van der Waals surface area contributed by atoms with Crippen LogP contribution in [0.5, 0.6) is 0 Å². The molecule has 0 atom stereocenters. The van der Waals surface area contributed by atoms with Crippen LogP contribution in [0.15, 0.2) is 60.7 Å². The Morgan fingerprint density at radius 2 is 0.857 bits per heavy atom. The zero-order valence-corrected chi connectivity index (χ0v) is 11.4. The van der Waals surface area contributed by atoms with Crippen molar-refractivity contribution < 1.29 is 24.2 Å². The second kappa shape index (κ2) is 18.3. The van der Waals surface area contributed by atoms with Gasteiger partial charge in [-0.3, -0.25) is 0 Å². The minimum absolute atomic E-state index is 0. The van der Waals surface area contributed by atoms with Crippen LogP contribution < -0.4 is 0 Å². The van der Waals surface area contributed by atoms with Crippen LogP contribution >= 0.6 is 0 Å². The molecule has 0 aliphatic carbocycles. The third-order valence-electron chi connectivity index (χ3n) is 1.11. The maximum Gasteiger partial charge on any atom is -0.172 e. The van der Waals surface area contributed by atoms with Gasteiger partial charge in [0.25, 0.3) is 0 Å². The Morgan fingerprint density at radius 1 is 0.643 bits per heavy atom. The molecule has 0 fully saturated rings. The first-order valence-electron chi connectivity index (χ1n) is 3.69.